The van der Waals surface area contributed by atoms with Crippen LogP contribution < -0.4 is 0 Å². The van der Waals surface area contributed by atoms with Crippen LogP contribution in [0.4, 0.5) is 0 Å². The Balaban J connectivity index is 3.03. The monoisotopic (exact) mass is 424 g/mol. The van der Waals surface area contributed by atoms with Crippen LogP contribution in [0.15, 0.2) is 0 Å². The standard InChI is InChI=1S/C16H34BO6PSSi/c1-11(24(5,6)18)14(22-25(7,19)20)12-10-13(15(17)21-12)23-26(8,9)16(2,3)4/h11-15H,10H2,1-9H3/t11?,12-,13-,14?,15+/m0/s1. The molecule has 1 aliphatic rings. The first-order valence-corrected chi connectivity index (χ1v) is 16.3. The second kappa shape index (κ2) is 7.99. The fraction of sp³-hybridized carbons (Fsp3) is 1.00. The molecule has 1 fully saturated rings. The minimum atomic E-state index is -3.73. The summed E-state index contributed by atoms with van der Waals surface area (Å²) in [5, 5.41) is 0.0172. The number of rotatable bonds is 7. The Labute approximate surface area is 161 Å². The van der Waals surface area contributed by atoms with Crippen LogP contribution in [0.3, 0.4) is 0 Å². The fourth-order valence-corrected chi connectivity index (χ4v) is 5.68. The van der Waals surface area contributed by atoms with E-state index in [9.17, 15) is 13.0 Å². The summed E-state index contributed by atoms with van der Waals surface area (Å²) >= 11 is 0. The van der Waals surface area contributed by atoms with Gasteiger partial charge in [-0.3, -0.25) is 4.18 Å². The molecule has 0 aromatic rings. The van der Waals surface area contributed by atoms with Crippen molar-refractivity contribution < 1.29 is 26.3 Å². The van der Waals surface area contributed by atoms with Crippen molar-refractivity contribution >= 4 is 33.4 Å². The lowest BCUT2D eigenvalue weighted by Crippen LogP contribution is -2.46. The van der Waals surface area contributed by atoms with Gasteiger partial charge in [0, 0.05) is 18.1 Å². The third-order valence-corrected chi connectivity index (χ3v) is 12.9. The van der Waals surface area contributed by atoms with Crippen molar-refractivity contribution in [3.05, 3.63) is 0 Å². The van der Waals surface area contributed by atoms with Crippen molar-refractivity contribution in [3.63, 3.8) is 0 Å². The van der Waals surface area contributed by atoms with E-state index in [4.69, 9.17) is 21.2 Å². The summed E-state index contributed by atoms with van der Waals surface area (Å²) in [6, 6.07) is -0.667. The summed E-state index contributed by atoms with van der Waals surface area (Å²) in [7, 11) is -2.26. The van der Waals surface area contributed by atoms with Gasteiger partial charge in [0.1, 0.15) is 14.0 Å². The number of hydrogen-bond donors (Lipinski definition) is 0. The third kappa shape index (κ3) is 6.45. The smallest absolute Gasteiger partial charge is 0.264 e. The maximum atomic E-state index is 12.5. The van der Waals surface area contributed by atoms with Gasteiger partial charge in [-0.15, -0.1) is 0 Å². The molecule has 1 aliphatic heterocycles. The first-order chi connectivity index (χ1) is 11.3. The van der Waals surface area contributed by atoms with E-state index in [-0.39, 0.29) is 11.1 Å². The molecule has 0 aromatic heterocycles. The summed E-state index contributed by atoms with van der Waals surface area (Å²) in [5.41, 5.74) is -0.485. The van der Waals surface area contributed by atoms with Gasteiger partial charge in [0.05, 0.1) is 25.6 Å². The quantitative estimate of drug-likeness (QED) is 0.355. The van der Waals surface area contributed by atoms with E-state index < -0.39 is 49.4 Å². The molecule has 0 amide bonds. The molecule has 0 aliphatic carbocycles. The van der Waals surface area contributed by atoms with Gasteiger partial charge < -0.3 is 13.7 Å². The fourth-order valence-electron chi connectivity index (χ4n) is 2.60. The van der Waals surface area contributed by atoms with E-state index in [0.29, 0.717) is 6.42 Å². The van der Waals surface area contributed by atoms with Crippen LogP contribution in [0.25, 0.3) is 0 Å². The maximum Gasteiger partial charge on any atom is 0.264 e. The molecule has 1 heterocycles. The molecule has 26 heavy (non-hydrogen) atoms. The second-order valence-corrected chi connectivity index (χ2v) is 19.3. The maximum absolute atomic E-state index is 12.5. The highest BCUT2D eigenvalue weighted by Gasteiger charge is 2.47. The van der Waals surface area contributed by atoms with Crippen LogP contribution in [0, 0.1) is 0 Å². The number of hydrogen-bond acceptors (Lipinski definition) is 6. The molecule has 0 bridgehead atoms. The Kier molecular flexibility index (Phi) is 7.50. The molecule has 0 N–H and O–H groups in total. The zero-order valence-corrected chi connectivity index (χ0v) is 20.2. The van der Waals surface area contributed by atoms with Crippen molar-refractivity contribution in [2.24, 2.45) is 0 Å². The Bertz CT molecular complexity index is 642. The van der Waals surface area contributed by atoms with Gasteiger partial charge in [-0.2, -0.15) is 8.42 Å². The highest BCUT2D eigenvalue weighted by Crippen LogP contribution is 2.47. The van der Waals surface area contributed by atoms with Crippen molar-refractivity contribution in [2.75, 3.05) is 19.6 Å². The van der Waals surface area contributed by atoms with E-state index in [1.54, 1.807) is 20.3 Å². The molecule has 0 aromatic carbocycles. The topological polar surface area (TPSA) is 78.9 Å². The predicted molar refractivity (Wildman–Crippen MR) is 110 cm³/mol. The van der Waals surface area contributed by atoms with Gasteiger partial charge in [-0.05, 0) is 31.5 Å². The van der Waals surface area contributed by atoms with Gasteiger partial charge in [0.2, 0.25) is 0 Å². The largest absolute Gasteiger partial charge is 0.412 e. The normalized spacial score (nSPS) is 28.1. The lowest BCUT2D eigenvalue weighted by molar-refractivity contribution is -0.00163. The SMILES string of the molecule is [B][C@@H]1O[C@H](C(OS(C)(=O)=O)C(C)P(C)(C)=O)C[C@@H]1O[Si](C)(C)C(C)(C)C. The van der Waals surface area contributed by atoms with Gasteiger partial charge in [0.15, 0.2) is 8.32 Å². The molecule has 5 atom stereocenters. The highest BCUT2D eigenvalue weighted by molar-refractivity contribution is 7.86. The van der Waals surface area contributed by atoms with E-state index in [1.807, 2.05) is 0 Å². The van der Waals surface area contributed by atoms with Crippen molar-refractivity contribution in [1.29, 1.82) is 0 Å². The molecule has 152 valence electrons. The Morgan fingerprint density at radius 3 is 2.15 bits per heavy atom. The zero-order valence-electron chi connectivity index (χ0n) is 17.5. The summed E-state index contributed by atoms with van der Waals surface area (Å²) in [6.07, 6.45) is -0.380. The van der Waals surface area contributed by atoms with Crippen molar-refractivity contribution in [2.45, 2.75) is 82.2 Å². The minimum absolute atomic E-state index is 0.0172. The summed E-state index contributed by atoms with van der Waals surface area (Å²) < 4.78 is 53.5. The molecule has 0 saturated carbocycles. The molecule has 2 unspecified atom stereocenters. The Hall–Kier alpha value is 0.342. The average Bonchev–Trinajstić information content (AvgIpc) is 2.72. The predicted octanol–water partition coefficient (Wildman–Crippen LogP) is 3.02. The highest BCUT2D eigenvalue weighted by atomic mass is 32.2. The van der Waals surface area contributed by atoms with Gasteiger partial charge in [-0.1, -0.05) is 27.7 Å². The second-order valence-electron chi connectivity index (χ2n) is 9.23. The molecule has 6 nitrogen and oxygen atoms in total. The average molecular weight is 424 g/mol. The first-order valence-electron chi connectivity index (χ1n) is 8.87. The zero-order chi connectivity index (χ0) is 20.7. The molecule has 0 spiro atoms. The number of ether oxygens (including phenoxy) is 1. The Morgan fingerprint density at radius 1 is 1.27 bits per heavy atom. The van der Waals surface area contributed by atoms with Crippen molar-refractivity contribution in [1.82, 2.24) is 0 Å². The summed E-state index contributed by atoms with van der Waals surface area (Å²) in [5.74, 6) is 0. The van der Waals surface area contributed by atoms with Crippen LogP contribution in [0.5, 0.6) is 0 Å². The van der Waals surface area contributed by atoms with Crippen molar-refractivity contribution in [3.8, 4) is 0 Å². The lowest BCUT2D eigenvalue weighted by Gasteiger charge is -2.39. The molecular weight excluding hydrogens is 390 g/mol. The van der Waals surface area contributed by atoms with Crippen LogP contribution in [0.2, 0.25) is 18.1 Å². The van der Waals surface area contributed by atoms with Gasteiger partial charge in [-0.25, -0.2) is 0 Å². The summed E-state index contributed by atoms with van der Waals surface area (Å²) in [6.45, 7) is 15.6. The van der Waals surface area contributed by atoms with Crippen LogP contribution >= 0.6 is 7.14 Å². The third-order valence-electron chi connectivity index (χ3n) is 5.52. The van der Waals surface area contributed by atoms with E-state index >= 15 is 0 Å². The molecule has 2 radical (unpaired) electrons. The van der Waals surface area contributed by atoms with Crippen LogP contribution in [-0.4, -0.2) is 74.1 Å². The molecule has 1 saturated heterocycles. The van der Waals surface area contributed by atoms with Gasteiger partial charge in [0.25, 0.3) is 10.1 Å². The molecule has 1 rings (SSSR count). The van der Waals surface area contributed by atoms with Gasteiger partial charge >= 0.3 is 0 Å². The van der Waals surface area contributed by atoms with E-state index in [0.717, 1.165) is 6.26 Å². The summed E-state index contributed by atoms with van der Waals surface area (Å²) in [4.78, 5) is 0. The van der Waals surface area contributed by atoms with Crippen LogP contribution in [-0.2, 0) is 28.0 Å². The van der Waals surface area contributed by atoms with Crippen LogP contribution in [0.1, 0.15) is 34.1 Å². The Morgan fingerprint density at radius 2 is 1.77 bits per heavy atom. The van der Waals surface area contributed by atoms with E-state index in [1.165, 1.54) is 0 Å². The molecule has 10 heteroatoms. The van der Waals surface area contributed by atoms with E-state index in [2.05, 4.69) is 33.9 Å². The first kappa shape index (κ1) is 24.4. The minimum Gasteiger partial charge on any atom is -0.412 e. The molecular formula is C16H34BO6PSSi. The lowest BCUT2D eigenvalue weighted by atomic mass is 9.94.